The molecule has 0 unspecified atom stereocenters. The van der Waals surface area contributed by atoms with Crippen molar-refractivity contribution in [2.24, 2.45) is 0 Å². The number of hydrogen-bond donors (Lipinski definition) is 1. The lowest BCUT2D eigenvalue weighted by molar-refractivity contribution is 0.220. The zero-order valence-electron chi connectivity index (χ0n) is 14.4. The molecular formula is C22H14ClF2NO2. The lowest BCUT2D eigenvalue weighted by atomic mass is 9.93. The van der Waals surface area contributed by atoms with E-state index in [0.29, 0.717) is 33.0 Å². The summed E-state index contributed by atoms with van der Waals surface area (Å²) in [6.45, 7) is 0. The molecule has 1 N–H and O–H groups in total. The van der Waals surface area contributed by atoms with Crippen molar-refractivity contribution in [3.63, 3.8) is 0 Å². The zero-order valence-corrected chi connectivity index (χ0v) is 15.2. The van der Waals surface area contributed by atoms with E-state index in [1.807, 2.05) is 0 Å². The number of pyridine rings is 1. The Kier molecular flexibility index (Phi) is 4.94. The minimum absolute atomic E-state index is 0.122. The summed E-state index contributed by atoms with van der Waals surface area (Å²) in [7, 11) is 0. The number of furan rings is 1. The molecule has 2 heterocycles. The second kappa shape index (κ2) is 7.54. The lowest BCUT2D eigenvalue weighted by Crippen LogP contribution is -2.03. The van der Waals surface area contributed by atoms with E-state index in [9.17, 15) is 13.9 Å². The molecule has 0 radical (unpaired) electrons. The molecule has 4 aromatic rings. The molecule has 140 valence electrons. The maximum atomic E-state index is 14.5. The van der Waals surface area contributed by atoms with Crippen LogP contribution in [0.5, 0.6) is 0 Å². The fraction of sp³-hybridized carbons (Fsp3) is 0.0455. The van der Waals surface area contributed by atoms with Crippen LogP contribution < -0.4 is 0 Å². The zero-order chi connectivity index (χ0) is 19.7. The van der Waals surface area contributed by atoms with Gasteiger partial charge in [-0.3, -0.25) is 4.98 Å². The van der Waals surface area contributed by atoms with Crippen molar-refractivity contribution >= 4 is 11.6 Å². The molecule has 0 saturated heterocycles. The molecule has 1 atom stereocenters. The summed E-state index contributed by atoms with van der Waals surface area (Å²) in [6, 6.07) is 13.6. The summed E-state index contributed by atoms with van der Waals surface area (Å²) < 4.78 is 33.5. The Morgan fingerprint density at radius 3 is 2.57 bits per heavy atom. The van der Waals surface area contributed by atoms with Crippen LogP contribution >= 0.6 is 11.6 Å². The Morgan fingerprint density at radius 2 is 1.86 bits per heavy atom. The van der Waals surface area contributed by atoms with Crippen LogP contribution in [0.25, 0.3) is 22.5 Å². The smallest absolute Gasteiger partial charge is 0.140 e. The molecule has 0 bridgehead atoms. The predicted octanol–water partition coefficient (Wildman–Crippen LogP) is 6.02. The molecule has 4 rings (SSSR count). The van der Waals surface area contributed by atoms with Gasteiger partial charge in [-0.1, -0.05) is 29.8 Å². The number of aliphatic hydroxyl groups is 1. The van der Waals surface area contributed by atoms with Crippen molar-refractivity contribution in [3.05, 3.63) is 101 Å². The summed E-state index contributed by atoms with van der Waals surface area (Å²) in [5, 5.41) is 11.5. The molecule has 0 fully saturated rings. The predicted molar refractivity (Wildman–Crippen MR) is 103 cm³/mol. The van der Waals surface area contributed by atoms with Crippen LogP contribution in [0.1, 0.15) is 17.2 Å². The number of halogens is 3. The molecule has 0 aliphatic heterocycles. The highest BCUT2D eigenvalue weighted by Crippen LogP contribution is 2.41. The first-order valence-corrected chi connectivity index (χ1v) is 8.83. The van der Waals surface area contributed by atoms with Gasteiger partial charge in [-0.25, -0.2) is 8.78 Å². The first-order chi connectivity index (χ1) is 13.5. The molecule has 0 saturated carbocycles. The van der Waals surface area contributed by atoms with Crippen LogP contribution in [0.2, 0.25) is 5.02 Å². The molecule has 0 aliphatic rings. The average molecular weight is 398 g/mol. The monoisotopic (exact) mass is 397 g/mol. The van der Waals surface area contributed by atoms with Crippen molar-refractivity contribution in [1.29, 1.82) is 0 Å². The average Bonchev–Trinajstić information content (AvgIpc) is 3.13. The third-order valence-corrected chi connectivity index (χ3v) is 4.65. The fourth-order valence-electron chi connectivity index (χ4n) is 3.11. The fourth-order valence-corrected chi connectivity index (χ4v) is 3.30. The van der Waals surface area contributed by atoms with Crippen LogP contribution in [-0.2, 0) is 0 Å². The molecule has 0 amide bonds. The van der Waals surface area contributed by atoms with Crippen molar-refractivity contribution < 1.29 is 18.3 Å². The standard InChI is InChI=1S/C22H14ClF2NO2/c23-15-5-1-3-13(9-15)22-20(21(27)14-4-2-8-26-11-14)18(12-28-22)17-7-6-16(24)10-19(17)25/h1-12,21,27H/t21-/m1/s1. The summed E-state index contributed by atoms with van der Waals surface area (Å²) >= 11 is 6.09. The van der Waals surface area contributed by atoms with Gasteiger partial charge in [0.15, 0.2) is 0 Å². The van der Waals surface area contributed by atoms with Crippen LogP contribution in [0, 0.1) is 11.6 Å². The SMILES string of the molecule is O[C@H](c1cccnc1)c1c(-c2ccc(F)cc2F)coc1-c1cccc(Cl)c1. The molecule has 2 aromatic carbocycles. The van der Waals surface area contributed by atoms with E-state index in [-0.39, 0.29) is 5.56 Å². The van der Waals surface area contributed by atoms with Crippen LogP contribution in [-0.4, -0.2) is 10.1 Å². The number of nitrogens with zero attached hydrogens (tertiary/aromatic N) is 1. The van der Waals surface area contributed by atoms with Gasteiger partial charge in [0.1, 0.15) is 23.5 Å². The third-order valence-electron chi connectivity index (χ3n) is 4.41. The normalized spacial score (nSPS) is 12.1. The van der Waals surface area contributed by atoms with Gasteiger partial charge in [0.2, 0.25) is 0 Å². The van der Waals surface area contributed by atoms with Crippen LogP contribution in [0.3, 0.4) is 0 Å². The molecule has 0 spiro atoms. The largest absolute Gasteiger partial charge is 0.463 e. The van der Waals surface area contributed by atoms with Crippen molar-refractivity contribution in [1.82, 2.24) is 4.98 Å². The maximum absolute atomic E-state index is 14.5. The van der Waals surface area contributed by atoms with Gasteiger partial charge >= 0.3 is 0 Å². The van der Waals surface area contributed by atoms with Gasteiger partial charge in [-0.15, -0.1) is 0 Å². The third kappa shape index (κ3) is 3.42. The van der Waals surface area contributed by atoms with E-state index < -0.39 is 17.7 Å². The second-order valence-electron chi connectivity index (χ2n) is 6.22. The lowest BCUT2D eigenvalue weighted by Gasteiger charge is -2.14. The molecule has 0 aliphatic carbocycles. The number of rotatable bonds is 4. The number of benzene rings is 2. The van der Waals surface area contributed by atoms with E-state index in [4.69, 9.17) is 16.0 Å². The first-order valence-electron chi connectivity index (χ1n) is 8.45. The molecule has 3 nitrogen and oxygen atoms in total. The van der Waals surface area contributed by atoms with Gasteiger partial charge in [0, 0.05) is 51.3 Å². The Balaban J connectivity index is 1.94. The van der Waals surface area contributed by atoms with Crippen molar-refractivity contribution in [3.8, 4) is 22.5 Å². The van der Waals surface area contributed by atoms with E-state index in [1.165, 1.54) is 18.5 Å². The first kappa shape index (κ1) is 18.3. The van der Waals surface area contributed by atoms with Gasteiger partial charge in [0.25, 0.3) is 0 Å². The van der Waals surface area contributed by atoms with Gasteiger partial charge in [-0.05, 0) is 30.3 Å². The Morgan fingerprint density at radius 1 is 1.00 bits per heavy atom. The van der Waals surface area contributed by atoms with Crippen LogP contribution in [0.15, 0.2) is 77.7 Å². The molecule has 2 aromatic heterocycles. The van der Waals surface area contributed by atoms with Crippen LogP contribution in [0.4, 0.5) is 8.78 Å². The maximum Gasteiger partial charge on any atom is 0.140 e. The van der Waals surface area contributed by atoms with E-state index in [0.717, 1.165) is 12.1 Å². The summed E-state index contributed by atoms with van der Waals surface area (Å²) in [4.78, 5) is 4.03. The van der Waals surface area contributed by atoms with Crippen molar-refractivity contribution in [2.45, 2.75) is 6.10 Å². The van der Waals surface area contributed by atoms with Gasteiger partial charge in [0.05, 0.1) is 6.26 Å². The number of aromatic nitrogens is 1. The van der Waals surface area contributed by atoms with E-state index in [2.05, 4.69) is 4.98 Å². The molecular weight excluding hydrogens is 384 g/mol. The second-order valence-corrected chi connectivity index (χ2v) is 6.65. The summed E-state index contributed by atoms with van der Waals surface area (Å²) in [5.41, 5.74) is 1.93. The molecule has 28 heavy (non-hydrogen) atoms. The summed E-state index contributed by atoms with van der Waals surface area (Å²) in [6.07, 6.45) is 3.32. The highest BCUT2D eigenvalue weighted by Gasteiger charge is 2.26. The minimum atomic E-state index is -1.14. The highest BCUT2D eigenvalue weighted by molar-refractivity contribution is 6.30. The number of hydrogen-bond acceptors (Lipinski definition) is 3. The quantitative estimate of drug-likeness (QED) is 0.458. The minimum Gasteiger partial charge on any atom is -0.463 e. The van der Waals surface area contributed by atoms with E-state index >= 15 is 0 Å². The van der Waals surface area contributed by atoms with Gasteiger partial charge in [-0.2, -0.15) is 0 Å². The van der Waals surface area contributed by atoms with Gasteiger partial charge < -0.3 is 9.52 Å². The highest BCUT2D eigenvalue weighted by atomic mass is 35.5. The van der Waals surface area contributed by atoms with E-state index in [1.54, 1.807) is 42.6 Å². The Labute approximate surface area is 164 Å². The Bertz CT molecular complexity index is 1130. The Hall–Kier alpha value is -3.02. The summed E-state index contributed by atoms with van der Waals surface area (Å²) in [5.74, 6) is -1.09. The topological polar surface area (TPSA) is 46.3 Å². The number of aliphatic hydroxyl groups excluding tert-OH is 1. The molecule has 6 heteroatoms. The van der Waals surface area contributed by atoms with Crippen molar-refractivity contribution in [2.75, 3.05) is 0 Å².